The smallest absolute Gasteiger partial charge is 0.294 e. The van der Waals surface area contributed by atoms with Crippen molar-refractivity contribution in [1.82, 2.24) is 14.9 Å². The summed E-state index contributed by atoms with van der Waals surface area (Å²) in [4.78, 5) is 30.6. The average Bonchev–Trinajstić information content (AvgIpc) is 2.84. The van der Waals surface area contributed by atoms with Crippen molar-refractivity contribution < 1.29 is 9.21 Å². The van der Waals surface area contributed by atoms with E-state index in [-0.39, 0.29) is 11.1 Å². The molecule has 1 fully saturated rings. The third-order valence-corrected chi connectivity index (χ3v) is 3.51. The largest absolute Gasteiger partial charge is 0.456 e. The SMILES string of the molecule is O=CN1CCC(c2coc3c(=O)[nH]cnc23)CC1. The summed E-state index contributed by atoms with van der Waals surface area (Å²) in [7, 11) is 0. The number of hydrogen-bond donors (Lipinski definition) is 1. The predicted molar refractivity (Wildman–Crippen MR) is 64.2 cm³/mol. The third-order valence-electron chi connectivity index (χ3n) is 3.51. The van der Waals surface area contributed by atoms with Gasteiger partial charge in [-0.3, -0.25) is 9.59 Å². The summed E-state index contributed by atoms with van der Waals surface area (Å²) in [5.41, 5.74) is 1.65. The van der Waals surface area contributed by atoms with Gasteiger partial charge in [-0.25, -0.2) is 4.98 Å². The van der Waals surface area contributed by atoms with Crippen molar-refractivity contribution in [2.24, 2.45) is 0 Å². The molecular weight excluding hydrogens is 234 g/mol. The number of aromatic amines is 1. The molecule has 1 aliphatic rings. The van der Waals surface area contributed by atoms with Crippen LogP contribution in [0.1, 0.15) is 24.3 Å². The summed E-state index contributed by atoms with van der Waals surface area (Å²) in [6.45, 7) is 1.48. The van der Waals surface area contributed by atoms with Gasteiger partial charge in [0.25, 0.3) is 5.56 Å². The first kappa shape index (κ1) is 11.0. The number of aromatic nitrogens is 2. The molecule has 2 aromatic rings. The first-order chi connectivity index (χ1) is 8.79. The standard InChI is InChI=1S/C12H13N3O3/c16-7-15-3-1-8(2-4-15)9-5-18-11-10(9)13-6-14-12(11)17/h5-8H,1-4H2,(H,13,14,17). The van der Waals surface area contributed by atoms with Crippen molar-refractivity contribution in [1.29, 1.82) is 0 Å². The van der Waals surface area contributed by atoms with Crippen molar-refractivity contribution in [3.8, 4) is 0 Å². The van der Waals surface area contributed by atoms with Crippen molar-refractivity contribution in [2.45, 2.75) is 18.8 Å². The van der Waals surface area contributed by atoms with Crippen LogP contribution < -0.4 is 5.56 Å². The zero-order valence-corrected chi connectivity index (χ0v) is 9.76. The molecule has 94 valence electrons. The molecule has 0 unspecified atom stereocenters. The van der Waals surface area contributed by atoms with Gasteiger partial charge in [0.1, 0.15) is 5.52 Å². The molecule has 0 aliphatic carbocycles. The molecule has 2 aromatic heterocycles. The Morgan fingerprint density at radius 2 is 2.22 bits per heavy atom. The predicted octanol–water partition coefficient (Wildman–Crippen LogP) is 0.852. The first-order valence-electron chi connectivity index (χ1n) is 5.93. The maximum absolute atomic E-state index is 11.5. The summed E-state index contributed by atoms with van der Waals surface area (Å²) in [5.74, 6) is 0.303. The maximum atomic E-state index is 11.5. The summed E-state index contributed by atoms with van der Waals surface area (Å²) in [6.07, 6.45) is 5.65. The topological polar surface area (TPSA) is 79.2 Å². The van der Waals surface area contributed by atoms with Crippen molar-refractivity contribution in [3.63, 3.8) is 0 Å². The first-order valence-corrected chi connectivity index (χ1v) is 5.93. The molecule has 1 saturated heterocycles. The maximum Gasteiger partial charge on any atom is 0.294 e. The number of amides is 1. The van der Waals surface area contributed by atoms with Gasteiger partial charge in [-0.2, -0.15) is 0 Å². The molecule has 0 atom stereocenters. The zero-order chi connectivity index (χ0) is 12.5. The lowest BCUT2D eigenvalue weighted by atomic mass is 9.91. The number of likely N-dealkylation sites (tertiary alicyclic amines) is 1. The number of nitrogens with zero attached hydrogens (tertiary/aromatic N) is 2. The Labute approximate surface area is 103 Å². The molecule has 1 amide bonds. The van der Waals surface area contributed by atoms with Crippen molar-refractivity contribution in [3.05, 3.63) is 28.5 Å². The summed E-state index contributed by atoms with van der Waals surface area (Å²) < 4.78 is 5.30. The second-order valence-electron chi connectivity index (χ2n) is 4.52. The van der Waals surface area contributed by atoms with Crippen LogP contribution in [0, 0.1) is 0 Å². The molecular formula is C12H13N3O3. The normalized spacial score (nSPS) is 17.2. The lowest BCUT2D eigenvalue weighted by Crippen LogP contribution is -2.31. The van der Waals surface area contributed by atoms with E-state index in [0.717, 1.165) is 37.9 Å². The van der Waals surface area contributed by atoms with E-state index >= 15 is 0 Å². The van der Waals surface area contributed by atoms with Gasteiger partial charge in [0.15, 0.2) is 0 Å². The number of carbonyl (C=O) groups is 1. The number of rotatable bonds is 2. The van der Waals surface area contributed by atoms with Crippen LogP contribution in [0.15, 0.2) is 21.8 Å². The number of hydrogen-bond acceptors (Lipinski definition) is 4. The number of furan rings is 1. The van der Waals surface area contributed by atoms with E-state index in [9.17, 15) is 9.59 Å². The Kier molecular flexibility index (Phi) is 2.62. The van der Waals surface area contributed by atoms with Crippen LogP contribution in [0.25, 0.3) is 11.1 Å². The molecule has 3 rings (SSSR count). The zero-order valence-electron chi connectivity index (χ0n) is 9.76. The van der Waals surface area contributed by atoms with Gasteiger partial charge in [0, 0.05) is 18.7 Å². The molecule has 3 heterocycles. The van der Waals surface area contributed by atoms with Gasteiger partial charge in [-0.05, 0) is 18.8 Å². The number of piperidine rings is 1. The highest BCUT2D eigenvalue weighted by atomic mass is 16.3. The van der Waals surface area contributed by atoms with E-state index in [1.165, 1.54) is 6.33 Å². The highest BCUT2D eigenvalue weighted by Gasteiger charge is 2.24. The number of nitrogens with one attached hydrogen (secondary N) is 1. The number of fused-ring (bicyclic) bond motifs is 1. The minimum atomic E-state index is -0.253. The molecule has 1 N–H and O–H groups in total. The fraction of sp³-hybridized carbons (Fsp3) is 0.417. The van der Waals surface area contributed by atoms with Crippen LogP contribution in [0.4, 0.5) is 0 Å². The highest BCUT2D eigenvalue weighted by molar-refractivity contribution is 5.75. The van der Waals surface area contributed by atoms with E-state index < -0.39 is 0 Å². The average molecular weight is 247 g/mol. The van der Waals surface area contributed by atoms with Gasteiger partial charge >= 0.3 is 0 Å². The Morgan fingerprint density at radius 1 is 1.44 bits per heavy atom. The lowest BCUT2D eigenvalue weighted by molar-refractivity contribution is -0.119. The van der Waals surface area contributed by atoms with Gasteiger partial charge in [-0.1, -0.05) is 0 Å². The van der Waals surface area contributed by atoms with E-state index in [1.807, 2.05) is 0 Å². The Hall–Kier alpha value is -2.11. The molecule has 6 nitrogen and oxygen atoms in total. The molecule has 0 saturated carbocycles. The second-order valence-corrected chi connectivity index (χ2v) is 4.52. The van der Waals surface area contributed by atoms with E-state index in [0.29, 0.717) is 11.4 Å². The third kappa shape index (κ3) is 1.70. The number of carbonyl (C=O) groups excluding carboxylic acids is 1. The van der Waals surface area contributed by atoms with Gasteiger partial charge in [-0.15, -0.1) is 0 Å². The molecule has 0 spiro atoms. The van der Waals surface area contributed by atoms with E-state index in [4.69, 9.17) is 4.42 Å². The summed E-state index contributed by atoms with van der Waals surface area (Å²) in [6, 6.07) is 0. The van der Waals surface area contributed by atoms with E-state index in [1.54, 1.807) is 11.2 Å². The Bertz CT molecular complexity index is 623. The fourth-order valence-corrected chi connectivity index (χ4v) is 2.49. The van der Waals surface area contributed by atoms with Crippen LogP contribution in [0.5, 0.6) is 0 Å². The minimum absolute atomic E-state index is 0.253. The molecule has 18 heavy (non-hydrogen) atoms. The molecule has 0 bridgehead atoms. The lowest BCUT2D eigenvalue weighted by Gasteiger charge is -2.28. The van der Waals surface area contributed by atoms with Gasteiger partial charge in [0.2, 0.25) is 12.0 Å². The quantitative estimate of drug-likeness (QED) is 0.798. The van der Waals surface area contributed by atoms with Crippen molar-refractivity contribution >= 4 is 17.5 Å². The minimum Gasteiger partial charge on any atom is -0.456 e. The van der Waals surface area contributed by atoms with Gasteiger partial charge < -0.3 is 14.3 Å². The van der Waals surface area contributed by atoms with Crippen LogP contribution in [0.2, 0.25) is 0 Å². The summed E-state index contributed by atoms with van der Waals surface area (Å²) in [5, 5.41) is 0. The monoisotopic (exact) mass is 247 g/mol. The Balaban J connectivity index is 1.94. The van der Waals surface area contributed by atoms with Crippen LogP contribution >= 0.6 is 0 Å². The van der Waals surface area contributed by atoms with Crippen LogP contribution in [0.3, 0.4) is 0 Å². The fourth-order valence-electron chi connectivity index (χ4n) is 2.49. The van der Waals surface area contributed by atoms with Crippen LogP contribution in [-0.2, 0) is 4.79 Å². The molecule has 0 radical (unpaired) electrons. The summed E-state index contributed by atoms with van der Waals surface area (Å²) >= 11 is 0. The van der Waals surface area contributed by atoms with Crippen LogP contribution in [-0.4, -0.2) is 34.4 Å². The number of H-pyrrole nitrogens is 1. The highest BCUT2D eigenvalue weighted by Crippen LogP contribution is 2.31. The van der Waals surface area contributed by atoms with E-state index in [2.05, 4.69) is 9.97 Å². The van der Waals surface area contributed by atoms with Crippen molar-refractivity contribution in [2.75, 3.05) is 13.1 Å². The second kappa shape index (κ2) is 4.29. The molecule has 1 aliphatic heterocycles. The Morgan fingerprint density at radius 3 is 2.94 bits per heavy atom. The molecule has 6 heteroatoms. The molecule has 0 aromatic carbocycles. The van der Waals surface area contributed by atoms with Gasteiger partial charge in [0.05, 0.1) is 12.6 Å².